The van der Waals surface area contributed by atoms with E-state index in [0.29, 0.717) is 17.8 Å². The summed E-state index contributed by atoms with van der Waals surface area (Å²) in [5, 5.41) is 10.6. The van der Waals surface area contributed by atoms with Crippen LogP contribution in [0, 0.1) is 0 Å². The lowest BCUT2D eigenvalue weighted by molar-refractivity contribution is -0.0708. The molecule has 2 aromatic rings. The first-order chi connectivity index (χ1) is 13.3. The smallest absolute Gasteiger partial charge is 0.387 e. The van der Waals surface area contributed by atoms with Gasteiger partial charge in [-0.15, -0.1) is 0 Å². The summed E-state index contributed by atoms with van der Waals surface area (Å²) in [6.45, 7) is 1.96. The summed E-state index contributed by atoms with van der Waals surface area (Å²) in [6, 6.07) is 0. The zero-order valence-corrected chi connectivity index (χ0v) is 16.2. The first-order valence-corrected chi connectivity index (χ1v) is 10.4. The number of aliphatic hydroxyl groups excluding tert-OH is 1. The van der Waals surface area contributed by atoms with Crippen LogP contribution in [0.25, 0.3) is 11.2 Å². The molecule has 1 aliphatic heterocycles. The number of nitrogens with zero attached hydrogens (tertiary/aromatic N) is 4. The number of unbranched alkanes of at least 4 members (excludes halogenated alkanes) is 2. The zero-order chi connectivity index (χ0) is 20.3. The third kappa shape index (κ3) is 4.66. The minimum atomic E-state index is -4.71. The second-order valence-electron chi connectivity index (χ2n) is 6.47. The van der Waals surface area contributed by atoms with Crippen molar-refractivity contribution in [3.8, 4) is 0 Å². The van der Waals surface area contributed by atoms with E-state index in [-0.39, 0.29) is 5.82 Å². The summed E-state index contributed by atoms with van der Waals surface area (Å²) >= 11 is 0. The van der Waals surface area contributed by atoms with Crippen molar-refractivity contribution in [1.29, 1.82) is 0 Å². The van der Waals surface area contributed by atoms with E-state index >= 15 is 0 Å². The predicted molar refractivity (Wildman–Crippen MR) is 96.9 cm³/mol. The molecule has 28 heavy (non-hydrogen) atoms. The molecule has 4 unspecified atom stereocenters. The molecular weight excluding hydrogens is 393 g/mol. The van der Waals surface area contributed by atoms with Crippen LogP contribution in [0.4, 0.5) is 5.82 Å². The van der Waals surface area contributed by atoms with Crippen molar-refractivity contribution in [1.82, 2.24) is 19.5 Å². The number of nitrogen functional groups attached to an aromatic ring is 1. The van der Waals surface area contributed by atoms with E-state index in [1.807, 2.05) is 0 Å². The van der Waals surface area contributed by atoms with E-state index in [9.17, 15) is 9.67 Å². The fourth-order valence-electron chi connectivity index (χ4n) is 3.06. The average Bonchev–Trinajstić information content (AvgIpc) is 3.19. The van der Waals surface area contributed by atoms with Crippen molar-refractivity contribution in [2.75, 3.05) is 18.9 Å². The van der Waals surface area contributed by atoms with Gasteiger partial charge in [0.25, 0.3) is 0 Å². The van der Waals surface area contributed by atoms with Crippen LogP contribution in [0.1, 0.15) is 32.4 Å². The predicted octanol–water partition coefficient (Wildman–Crippen LogP) is 0.351. The minimum Gasteiger partial charge on any atom is -0.387 e. The highest BCUT2D eigenvalue weighted by atomic mass is 31.2. The molecule has 2 aromatic heterocycles. The molecule has 12 nitrogen and oxygen atoms in total. The fraction of sp³-hybridized carbons (Fsp3) is 0.667. The van der Waals surface area contributed by atoms with E-state index in [1.165, 1.54) is 12.7 Å². The summed E-state index contributed by atoms with van der Waals surface area (Å²) in [5.41, 5.74) is 6.58. The number of hydrogen-bond donors (Lipinski definition) is 4. The molecule has 156 valence electrons. The number of anilines is 1. The van der Waals surface area contributed by atoms with Crippen molar-refractivity contribution >= 4 is 24.8 Å². The maximum atomic E-state index is 11.0. The number of fused-ring (bicyclic) bond motifs is 1. The van der Waals surface area contributed by atoms with Gasteiger partial charge in [0.2, 0.25) is 0 Å². The highest BCUT2D eigenvalue weighted by molar-refractivity contribution is 7.46. The molecule has 0 spiro atoms. The summed E-state index contributed by atoms with van der Waals surface area (Å²) in [7, 11) is -4.71. The molecule has 3 rings (SSSR count). The van der Waals surface area contributed by atoms with E-state index < -0.39 is 39.0 Å². The molecule has 0 amide bonds. The lowest BCUT2D eigenvalue weighted by atomic mass is 10.1. The molecule has 1 saturated heterocycles. The highest BCUT2D eigenvalue weighted by Gasteiger charge is 2.46. The van der Waals surface area contributed by atoms with Gasteiger partial charge in [-0.2, -0.15) is 0 Å². The molecule has 1 fully saturated rings. The maximum Gasteiger partial charge on any atom is 0.469 e. The summed E-state index contributed by atoms with van der Waals surface area (Å²) in [4.78, 5) is 30.1. The molecule has 0 saturated carbocycles. The zero-order valence-electron chi connectivity index (χ0n) is 15.3. The van der Waals surface area contributed by atoms with Crippen LogP contribution >= 0.6 is 7.82 Å². The van der Waals surface area contributed by atoms with Gasteiger partial charge in [0.1, 0.15) is 30.2 Å². The van der Waals surface area contributed by atoms with Crippen molar-refractivity contribution in [2.24, 2.45) is 0 Å². The number of nitrogens with two attached hydrogens (primary N) is 1. The van der Waals surface area contributed by atoms with Gasteiger partial charge in [-0.3, -0.25) is 9.09 Å². The van der Waals surface area contributed by atoms with E-state index in [2.05, 4.69) is 26.4 Å². The molecule has 0 radical (unpaired) electrons. The van der Waals surface area contributed by atoms with E-state index in [4.69, 9.17) is 25.0 Å². The second-order valence-corrected chi connectivity index (χ2v) is 7.71. The molecule has 1 aliphatic rings. The Hall–Kier alpha value is -1.66. The number of aliphatic hydroxyl groups is 1. The van der Waals surface area contributed by atoms with Gasteiger partial charge in [-0.25, -0.2) is 19.5 Å². The van der Waals surface area contributed by atoms with Gasteiger partial charge in [0.05, 0.1) is 12.9 Å². The standard InChI is InChI=1S/C15H24N5O7P/c1-2-3-4-5-25-12-11(21)9(6-26-28(22,23)24)27-15(12)20-8-19-10-13(16)17-7-18-14(10)20/h7-9,11-12,15,21H,2-6H2,1H3,(H2,16,17,18)(H2,22,23,24). The molecule has 0 aromatic carbocycles. The Morgan fingerprint density at radius 3 is 2.82 bits per heavy atom. The van der Waals surface area contributed by atoms with Crippen molar-refractivity contribution in [3.63, 3.8) is 0 Å². The van der Waals surface area contributed by atoms with E-state index in [0.717, 1.165) is 19.3 Å². The van der Waals surface area contributed by atoms with Gasteiger partial charge in [-0.05, 0) is 6.42 Å². The highest BCUT2D eigenvalue weighted by Crippen LogP contribution is 2.39. The van der Waals surface area contributed by atoms with Crippen LogP contribution in [0.5, 0.6) is 0 Å². The Kier molecular flexibility index (Phi) is 6.61. The SMILES string of the molecule is CCCCCOC1C(O)C(COP(=O)(O)O)OC1n1cnc2c(N)ncnc21. The number of aromatic nitrogens is 4. The topological polar surface area (TPSA) is 175 Å². The molecule has 0 aliphatic carbocycles. The lowest BCUT2D eigenvalue weighted by Gasteiger charge is -2.22. The van der Waals surface area contributed by atoms with Gasteiger partial charge in [0.15, 0.2) is 17.7 Å². The second kappa shape index (κ2) is 8.78. The first kappa shape index (κ1) is 21.1. The van der Waals surface area contributed by atoms with Gasteiger partial charge >= 0.3 is 7.82 Å². The molecule has 13 heteroatoms. The first-order valence-electron chi connectivity index (χ1n) is 8.90. The van der Waals surface area contributed by atoms with Crippen LogP contribution in [-0.2, 0) is 18.6 Å². The van der Waals surface area contributed by atoms with Crippen LogP contribution in [0.15, 0.2) is 12.7 Å². The third-order valence-electron chi connectivity index (χ3n) is 4.44. The Balaban J connectivity index is 1.84. The summed E-state index contributed by atoms with van der Waals surface area (Å²) in [6.07, 6.45) is 1.69. The number of rotatable bonds is 9. The number of hydrogen-bond acceptors (Lipinski definition) is 9. The molecule has 4 atom stereocenters. The number of phosphoric acid groups is 1. The molecule has 3 heterocycles. The Bertz CT molecular complexity index is 843. The Morgan fingerprint density at radius 2 is 2.11 bits per heavy atom. The lowest BCUT2D eigenvalue weighted by Crippen LogP contribution is -2.36. The Labute approximate surface area is 160 Å². The van der Waals surface area contributed by atoms with E-state index in [1.54, 1.807) is 4.57 Å². The number of ether oxygens (including phenoxy) is 2. The number of phosphoric ester groups is 1. The van der Waals surface area contributed by atoms with Crippen molar-refractivity contribution in [2.45, 2.75) is 50.7 Å². The largest absolute Gasteiger partial charge is 0.469 e. The fourth-order valence-corrected chi connectivity index (χ4v) is 3.40. The van der Waals surface area contributed by atoms with Gasteiger partial charge in [-0.1, -0.05) is 19.8 Å². The van der Waals surface area contributed by atoms with Crippen LogP contribution in [0.3, 0.4) is 0 Å². The third-order valence-corrected chi connectivity index (χ3v) is 4.92. The number of imidazole rings is 1. The van der Waals surface area contributed by atoms with Gasteiger partial charge < -0.3 is 30.1 Å². The van der Waals surface area contributed by atoms with Crippen LogP contribution in [0.2, 0.25) is 0 Å². The quantitative estimate of drug-likeness (QED) is 0.327. The normalized spacial score (nSPS) is 25.6. The Morgan fingerprint density at radius 1 is 1.32 bits per heavy atom. The van der Waals surface area contributed by atoms with Gasteiger partial charge in [0, 0.05) is 6.61 Å². The summed E-state index contributed by atoms with van der Waals surface area (Å²) in [5.74, 6) is 0.198. The molecule has 5 N–H and O–H groups in total. The van der Waals surface area contributed by atoms with Crippen molar-refractivity contribution < 1.29 is 33.5 Å². The minimum absolute atomic E-state index is 0.198. The maximum absolute atomic E-state index is 11.0. The molecular formula is C15H24N5O7P. The van der Waals surface area contributed by atoms with Crippen LogP contribution < -0.4 is 5.73 Å². The molecule has 0 bridgehead atoms. The monoisotopic (exact) mass is 417 g/mol. The van der Waals surface area contributed by atoms with Crippen molar-refractivity contribution in [3.05, 3.63) is 12.7 Å². The summed E-state index contributed by atoms with van der Waals surface area (Å²) < 4.78 is 28.7. The van der Waals surface area contributed by atoms with Crippen LogP contribution in [-0.4, -0.2) is 65.9 Å². The average molecular weight is 417 g/mol.